The van der Waals surface area contributed by atoms with Gasteiger partial charge in [0.25, 0.3) is 0 Å². The topological polar surface area (TPSA) is 70.6 Å². The van der Waals surface area contributed by atoms with Crippen LogP contribution in [0.1, 0.15) is 31.0 Å². The Morgan fingerprint density at radius 1 is 1.28 bits per heavy atom. The Bertz CT molecular complexity index is 779. The van der Waals surface area contributed by atoms with Crippen LogP contribution in [0.2, 0.25) is 0 Å². The number of carbonyl (C=O) groups is 1. The first-order chi connectivity index (χ1) is 11.9. The normalized spacial score (nSPS) is 18.8. The van der Waals surface area contributed by atoms with E-state index in [2.05, 4.69) is 10.6 Å². The van der Waals surface area contributed by atoms with Crippen LogP contribution >= 0.6 is 0 Å². The molecule has 2 atom stereocenters. The van der Waals surface area contributed by atoms with Gasteiger partial charge in [-0.05, 0) is 37.1 Å². The second-order valence-corrected chi connectivity index (χ2v) is 6.35. The number of aliphatic hydroxyl groups is 1. The molecule has 132 valence electrons. The minimum absolute atomic E-state index is 0.0504. The Hall–Kier alpha value is -2.60. The number of rotatable bonds is 4. The highest BCUT2D eigenvalue weighted by Crippen LogP contribution is 2.31. The Morgan fingerprint density at radius 2 is 2.04 bits per heavy atom. The first-order valence-corrected chi connectivity index (χ1v) is 8.23. The molecule has 1 aliphatic rings. The molecule has 2 amide bonds. The first-order valence-electron chi connectivity index (χ1n) is 8.23. The lowest BCUT2D eigenvalue weighted by Crippen LogP contribution is -2.37. The zero-order valence-corrected chi connectivity index (χ0v) is 14.1. The Kier molecular flexibility index (Phi) is 4.90. The number of anilines is 1. The lowest BCUT2D eigenvalue weighted by Gasteiger charge is -2.18. The summed E-state index contributed by atoms with van der Waals surface area (Å²) in [6.45, 7) is 3.70. The molecule has 0 fully saturated rings. The van der Waals surface area contributed by atoms with Crippen LogP contribution in [-0.2, 0) is 6.42 Å². The molecule has 3 N–H and O–H groups in total. The predicted octanol–water partition coefficient (Wildman–Crippen LogP) is 3.39. The Balaban J connectivity index is 1.67. The fraction of sp³-hybridized carbons (Fsp3) is 0.316. The molecule has 25 heavy (non-hydrogen) atoms. The van der Waals surface area contributed by atoms with Gasteiger partial charge >= 0.3 is 6.03 Å². The van der Waals surface area contributed by atoms with Gasteiger partial charge in [-0.2, -0.15) is 0 Å². The molecule has 0 aromatic heterocycles. The van der Waals surface area contributed by atoms with Crippen molar-refractivity contribution >= 4 is 11.7 Å². The number of hydrogen-bond donors (Lipinski definition) is 3. The number of urea groups is 1. The summed E-state index contributed by atoms with van der Waals surface area (Å²) < 4.78 is 19.5. The molecule has 0 spiro atoms. The van der Waals surface area contributed by atoms with Crippen molar-refractivity contribution in [1.82, 2.24) is 5.32 Å². The minimum Gasteiger partial charge on any atom is -0.491 e. The van der Waals surface area contributed by atoms with Crippen LogP contribution < -0.4 is 15.4 Å². The molecule has 2 aromatic rings. The first kappa shape index (κ1) is 17.2. The van der Waals surface area contributed by atoms with E-state index in [9.17, 15) is 14.3 Å². The van der Waals surface area contributed by atoms with E-state index in [0.29, 0.717) is 12.2 Å². The largest absolute Gasteiger partial charge is 0.491 e. The molecular weight excluding hydrogens is 323 g/mol. The Labute approximate surface area is 145 Å². The minimum atomic E-state index is -0.699. The van der Waals surface area contributed by atoms with Crippen molar-refractivity contribution in [1.29, 1.82) is 0 Å². The van der Waals surface area contributed by atoms with E-state index in [1.54, 1.807) is 6.07 Å². The summed E-state index contributed by atoms with van der Waals surface area (Å²) in [5.74, 6) is -0.181. The molecule has 5 nitrogen and oxygen atoms in total. The molecule has 3 rings (SSSR count). The number of carbonyl (C=O) groups excluding carboxylic acids is 1. The summed E-state index contributed by atoms with van der Waals surface area (Å²) in [6, 6.07) is 10.7. The molecule has 1 aliphatic carbocycles. The van der Waals surface area contributed by atoms with Gasteiger partial charge in [-0.1, -0.05) is 24.3 Å². The summed E-state index contributed by atoms with van der Waals surface area (Å²) in [5, 5.41) is 15.4. The van der Waals surface area contributed by atoms with Crippen molar-refractivity contribution in [2.45, 2.75) is 38.5 Å². The number of halogens is 1. The van der Waals surface area contributed by atoms with E-state index in [-0.39, 0.29) is 11.8 Å². The maximum Gasteiger partial charge on any atom is 0.319 e. The molecule has 0 radical (unpaired) electrons. The Morgan fingerprint density at radius 3 is 2.76 bits per heavy atom. The predicted molar refractivity (Wildman–Crippen MR) is 93.2 cm³/mol. The third-order valence-corrected chi connectivity index (χ3v) is 4.05. The number of ether oxygens (including phenoxy) is 1. The van der Waals surface area contributed by atoms with Crippen LogP contribution in [0.4, 0.5) is 14.9 Å². The van der Waals surface area contributed by atoms with Gasteiger partial charge in [0.1, 0.15) is 11.6 Å². The van der Waals surface area contributed by atoms with Crippen LogP contribution in [0.25, 0.3) is 0 Å². The lowest BCUT2D eigenvalue weighted by atomic mass is 10.1. The van der Waals surface area contributed by atoms with Crippen molar-refractivity contribution in [3.05, 3.63) is 59.4 Å². The van der Waals surface area contributed by atoms with Crippen LogP contribution in [-0.4, -0.2) is 23.3 Å². The van der Waals surface area contributed by atoms with Gasteiger partial charge in [-0.15, -0.1) is 0 Å². The van der Waals surface area contributed by atoms with E-state index in [1.807, 2.05) is 38.1 Å². The van der Waals surface area contributed by atoms with E-state index in [0.717, 1.165) is 11.1 Å². The molecule has 0 aliphatic heterocycles. The second-order valence-electron chi connectivity index (χ2n) is 6.35. The van der Waals surface area contributed by atoms with Crippen molar-refractivity contribution < 1.29 is 19.0 Å². The highest BCUT2D eigenvalue weighted by atomic mass is 19.1. The highest BCUT2D eigenvalue weighted by molar-refractivity contribution is 5.89. The second kappa shape index (κ2) is 7.11. The van der Waals surface area contributed by atoms with Crippen molar-refractivity contribution in [2.75, 3.05) is 5.32 Å². The van der Waals surface area contributed by atoms with E-state index in [1.165, 1.54) is 12.1 Å². The number of hydrogen-bond acceptors (Lipinski definition) is 3. The summed E-state index contributed by atoms with van der Waals surface area (Å²) in [4.78, 5) is 12.2. The van der Waals surface area contributed by atoms with E-state index in [4.69, 9.17) is 4.74 Å². The summed E-state index contributed by atoms with van der Waals surface area (Å²) in [7, 11) is 0. The van der Waals surface area contributed by atoms with E-state index < -0.39 is 24.0 Å². The average molecular weight is 344 g/mol. The number of aliphatic hydroxyl groups excluding tert-OH is 1. The SMILES string of the molecule is CC(C)Oc1ccc(NC(=O)N[C@H]2c3ccccc3C[C@H]2O)c(F)c1. The van der Waals surface area contributed by atoms with Gasteiger partial charge in [0, 0.05) is 12.5 Å². The number of nitrogens with one attached hydrogen (secondary N) is 2. The fourth-order valence-electron chi connectivity index (χ4n) is 2.99. The number of benzene rings is 2. The molecular formula is C19H21FN2O3. The third-order valence-electron chi connectivity index (χ3n) is 4.05. The van der Waals surface area contributed by atoms with Gasteiger partial charge in [-0.3, -0.25) is 0 Å². The maximum atomic E-state index is 14.1. The van der Waals surface area contributed by atoms with E-state index >= 15 is 0 Å². The number of amides is 2. The molecule has 0 bridgehead atoms. The van der Waals surface area contributed by atoms with Crippen molar-refractivity contribution in [2.24, 2.45) is 0 Å². The summed E-state index contributed by atoms with van der Waals surface area (Å²) >= 11 is 0. The fourth-order valence-corrected chi connectivity index (χ4v) is 2.99. The summed E-state index contributed by atoms with van der Waals surface area (Å²) in [5.41, 5.74) is 1.93. The van der Waals surface area contributed by atoms with Crippen LogP contribution in [0.3, 0.4) is 0 Å². The van der Waals surface area contributed by atoms with Crippen LogP contribution in [0.15, 0.2) is 42.5 Å². The average Bonchev–Trinajstić information content (AvgIpc) is 2.85. The van der Waals surface area contributed by atoms with Crippen molar-refractivity contribution in [3.63, 3.8) is 0 Å². The zero-order valence-electron chi connectivity index (χ0n) is 14.1. The molecule has 2 aromatic carbocycles. The number of fused-ring (bicyclic) bond motifs is 1. The zero-order chi connectivity index (χ0) is 18.0. The molecule has 0 unspecified atom stereocenters. The molecule has 6 heteroatoms. The highest BCUT2D eigenvalue weighted by Gasteiger charge is 2.31. The quantitative estimate of drug-likeness (QED) is 0.796. The third kappa shape index (κ3) is 3.91. The molecule has 0 saturated carbocycles. The monoisotopic (exact) mass is 344 g/mol. The van der Waals surface area contributed by atoms with Crippen LogP contribution in [0, 0.1) is 5.82 Å². The smallest absolute Gasteiger partial charge is 0.319 e. The molecule has 0 saturated heterocycles. The molecule has 0 heterocycles. The van der Waals surface area contributed by atoms with Crippen molar-refractivity contribution in [3.8, 4) is 5.75 Å². The summed E-state index contributed by atoms with van der Waals surface area (Å²) in [6.07, 6.45) is -0.281. The van der Waals surface area contributed by atoms with Gasteiger partial charge in [0.2, 0.25) is 0 Å². The standard InChI is InChI=1S/C19H21FN2O3/c1-11(2)25-13-7-8-16(15(20)10-13)21-19(24)22-18-14-6-4-3-5-12(14)9-17(18)23/h3-8,10-11,17-18,23H,9H2,1-2H3,(H2,21,22,24)/t17-,18+/m1/s1. The van der Waals surface area contributed by atoms with Gasteiger partial charge < -0.3 is 20.5 Å². The lowest BCUT2D eigenvalue weighted by molar-refractivity contribution is 0.144. The maximum absolute atomic E-state index is 14.1. The van der Waals surface area contributed by atoms with Gasteiger partial charge in [0.15, 0.2) is 0 Å². The van der Waals surface area contributed by atoms with Gasteiger partial charge in [-0.25, -0.2) is 9.18 Å². The van der Waals surface area contributed by atoms with Crippen LogP contribution in [0.5, 0.6) is 5.75 Å². The van der Waals surface area contributed by atoms with Gasteiger partial charge in [0.05, 0.1) is 23.9 Å².